The third-order valence-corrected chi connectivity index (χ3v) is 6.03. The van der Waals surface area contributed by atoms with Gasteiger partial charge < -0.3 is 10.1 Å². The van der Waals surface area contributed by atoms with E-state index in [0.29, 0.717) is 29.4 Å². The van der Waals surface area contributed by atoms with Crippen LogP contribution in [0.1, 0.15) is 15.9 Å². The van der Waals surface area contributed by atoms with Gasteiger partial charge in [0.2, 0.25) is 0 Å². The summed E-state index contributed by atoms with van der Waals surface area (Å²) >= 11 is 5.87. The first kappa shape index (κ1) is 21.7. The van der Waals surface area contributed by atoms with Crippen molar-refractivity contribution in [2.24, 2.45) is 0 Å². The quantitative estimate of drug-likeness (QED) is 0.497. The van der Waals surface area contributed by atoms with Crippen LogP contribution in [0.15, 0.2) is 77.7 Å². The number of esters is 1. The number of carbonyl (C=O) groups is 1. The van der Waals surface area contributed by atoms with Crippen LogP contribution in [0.2, 0.25) is 5.02 Å². The van der Waals surface area contributed by atoms with E-state index in [1.807, 2.05) is 30.3 Å². The van der Waals surface area contributed by atoms with E-state index >= 15 is 0 Å². The van der Waals surface area contributed by atoms with E-state index in [9.17, 15) is 13.2 Å². The molecule has 0 amide bonds. The van der Waals surface area contributed by atoms with E-state index in [0.717, 1.165) is 5.56 Å². The number of anilines is 2. The predicted octanol–water partition coefficient (Wildman–Crippen LogP) is 4.58. The zero-order valence-corrected chi connectivity index (χ0v) is 17.8. The molecular formula is C22H21ClN2O4S. The minimum Gasteiger partial charge on any atom is -0.465 e. The van der Waals surface area contributed by atoms with Crippen LogP contribution in [0, 0.1) is 0 Å². The highest BCUT2D eigenvalue weighted by Gasteiger charge is 2.21. The van der Waals surface area contributed by atoms with Gasteiger partial charge in [-0.2, -0.15) is 0 Å². The molecule has 3 rings (SSSR count). The molecule has 0 aliphatic heterocycles. The summed E-state index contributed by atoms with van der Waals surface area (Å²) < 4.78 is 33.4. The molecule has 3 aromatic carbocycles. The van der Waals surface area contributed by atoms with Crippen molar-refractivity contribution in [2.45, 2.75) is 11.3 Å². The number of methoxy groups -OCH3 is 1. The molecule has 156 valence electrons. The highest BCUT2D eigenvalue weighted by Crippen LogP contribution is 2.26. The van der Waals surface area contributed by atoms with Crippen molar-refractivity contribution < 1.29 is 17.9 Å². The van der Waals surface area contributed by atoms with Gasteiger partial charge in [0, 0.05) is 17.3 Å². The van der Waals surface area contributed by atoms with Crippen LogP contribution in [0.5, 0.6) is 0 Å². The standard InChI is InChI=1S/C22H21ClN2O4S/c1-29-22(26)17-7-12-20(24-14-13-16-5-3-2-4-6-16)21(15-17)30(27,28)25-19-10-8-18(23)9-11-19/h2-12,15,24-25H,13-14H2,1H3. The Hall–Kier alpha value is -3.03. The average molecular weight is 445 g/mol. The molecule has 0 aliphatic rings. The maximum atomic E-state index is 13.1. The summed E-state index contributed by atoms with van der Waals surface area (Å²) in [6, 6.07) is 20.5. The van der Waals surface area contributed by atoms with Gasteiger partial charge in [0.05, 0.1) is 18.4 Å². The summed E-state index contributed by atoms with van der Waals surface area (Å²) in [5, 5.41) is 3.65. The lowest BCUT2D eigenvalue weighted by molar-refractivity contribution is 0.0600. The Morgan fingerprint density at radius 3 is 2.37 bits per heavy atom. The first-order chi connectivity index (χ1) is 14.4. The van der Waals surface area contributed by atoms with Crippen LogP contribution >= 0.6 is 11.6 Å². The Morgan fingerprint density at radius 1 is 1.00 bits per heavy atom. The molecule has 0 radical (unpaired) electrons. The van der Waals surface area contributed by atoms with E-state index in [1.165, 1.54) is 19.2 Å². The summed E-state index contributed by atoms with van der Waals surface area (Å²) in [7, 11) is -2.73. The molecule has 3 aromatic rings. The Balaban J connectivity index is 1.88. The molecule has 0 saturated carbocycles. The summed E-state index contributed by atoms with van der Waals surface area (Å²) in [4.78, 5) is 11.9. The lowest BCUT2D eigenvalue weighted by Gasteiger charge is -2.15. The second-order valence-corrected chi connectivity index (χ2v) is 8.56. The zero-order valence-electron chi connectivity index (χ0n) is 16.3. The van der Waals surface area contributed by atoms with Gasteiger partial charge in [0.25, 0.3) is 10.0 Å². The molecule has 0 unspecified atom stereocenters. The lowest BCUT2D eigenvalue weighted by atomic mass is 10.1. The normalized spacial score (nSPS) is 11.0. The van der Waals surface area contributed by atoms with Gasteiger partial charge in [0.1, 0.15) is 4.90 Å². The molecule has 6 nitrogen and oxygen atoms in total. The van der Waals surface area contributed by atoms with Crippen molar-refractivity contribution in [2.75, 3.05) is 23.7 Å². The monoisotopic (exact) mass is 444 g/mol. The largest absolute Gasteiger partial charge is 0.465 e. The molecular weight excluding hydrogens is 424 g/mol. The Bertz CT molecular complexity index is 1120. The molecule has 30 heavy (non-hydrogen) atoms. The molecule has 0 heterocycles. The summed E-state index contributed by atoms with van der Waals surface area (Å²) in [5.74, 6) is -0.617. The number of carbonyl (C=O) groups excluding carboxylic acids is 1. The number of halogens is 1. The van der Waals surface area contributed by atoms with Crippen molar-refractivity contribution in [3.05, 3.63) is 88.9 Å². The predicted molar refractivity (Wildman–Crippen MR) is 119 cm³/mol. The van der Waals surface area contributed by atoms with Gasteiger partial charge in [0.15, 0.2) is 0 Å². The molecule has 0 bridgehead atoms. The second-order valence-electron chi connectivity index (χ2n) is 6.48. The minimum absolute atomic E-state index is 0.0478. The number of benzene rings is 3. The summed E-state index contributed by atoms with van der Waals surface area (Å²) in [5.41, 5.74) is 2.01. The number of sulfonamides is 1. The Labute approximate surface area is 180 Å². The molecule has 0 fully saturated rings. The second kappa shape index (κ2) is 9.65. The number of rotatable bonds is 8. The smallest absolute Gasteiger partial charge is 0.337 e. The van der Waals surface area contributed by atoms with Crippen molar-refractivity contribution in [1.82, 2.24) is 0 Å². The van der Waals surface area contributed by atoms with Crippen molar-refractivity contribution in [1.29, 1.82) is 0 Å². The van der Waals surface area contributed by atoms with Crippen LogP contribution in [-0.2, 0) is 21.2 Å². The van der Waals surface area contributed by atoms with Crippen molar-refractivity contribution in [3.63, 3.8) is 0 Å². The fourth-order valence-electron chi connectivity index (χ4n) is 2.85. The van der Waals surface area contributed by atoms with Crippen molar-refractivity contribution in [3.8, 4) is 0 Å². The first-order valence-corrected chi connectivity index (χ1v) is 11.0. The Morgan fingerprint density at radius 2 is 1.70 bits per heavy atom. The van der Waals surface area contributed by atoms with E-state index in [2.05, 4.69) is 10.0 Å². The Kier molecular flexibility index (Phi) is 6.97. The minimum atomic E-state index is -3.98. The van der Waals surface area contributed by atoms with Crippen LogP contribution in [0.3, 0.4) is 0 Å². The first-order valence-electron chi connectivity index (χ1n) is 9.17. The fourth-order valence-corrected chi connectivity index (χ4v) is 4.24. The molecule has 0 saturated heterocycles. The lowest BCUT2D eigenvalue weighted by Crippen LogP contribution is -2.17. The molecule has 2 N–H and O–H groups in total. The van der Waals surface area contributed by atoms with Crippen molar-refractivity contribution >= 4 is 39.0 Å². The van der Waals surface area contributed by atoms with E-state index in [1.54, 1.807) is 30.3 Å². The summed E-state index contributed by atoms with van der Waals surface area (Å²) in [6.07, 6.45) is 0.712. The number of hydrogen-bond donors (Lipinski definition) is 2. The fraction of sp³-hybridized carbons (Fsp3) is 0.136. The van der Waals surface area contributed by atoms with Crippen LogP contribution in [0.25, 0.3) is 0 Å². The van der Waals surface area contributed by atoms with Gasteiger partial charge in [-0.15, -0.1) is 0 Å². The number of nitrogens with one attached hydrogen (secondary N) is 2. The number of ether oxygens (including phenoxy) is 1. The van der Waals surface area contributed by atoms with Crippen LogP contribution < -0.4 is 10.0 Å². The van der Waals surface area contributed by atoms with Gasteiger partial charge in [-0.05, 0) is 54.4 Å². The number of hydrogen-bond acceptors (Lipinski definition) is 5. The van der Waals surface area contributed by atoms with Gasteiger partial charge in [-0.3, -0.25) is 4.72 Å². The molecule has 0 aromatic heterocycles. The van der Waals surface area contributed by atoms with E-state index in [-0.39, 0.29) is 10.5 Å². The van der Waals surface area contributed by atoms with Gasteiger partial charge in [-0.25, -0.2) is 13.2 Å². The molecule has 0 aliphatic carbocycles. The maximum absolute atomic E-state index is 13.1. The van der Waals surface area contributed by atoms with E-state index < -0.39 is 16.0 Å². The van der Waals surface area contributed by atoms with Crippen LogP contribution in [-0.4, -0.2) is 28.0 Å². The van der Waals surface area contributed by atoms with Gasteiger partial charge >= 0.3 is 5.97 Å². The molecule has 8 heteroatoms. The summed E-state index contributed by atoms with van der Waals surface area (Å²) in [6.45, 7) is 0.519. The molecule has 0 spiro atoms. The SMILES string of the molecule is COC(=O)c1ccc(NCCc2ccccc2)c(S(=O)(=O)Nc2ccc(Cl)cc2)c1. The highest BCUT2D eigenvalue weighted by atomic mass is 35.5. The zero-order chi connectivity index (χ0) is 21.6. The maximum Gasteiger partial charge on any atom is 0.337 e. The third-order valence-electron chi connectivity index (χ3n) is 4.36. The highest BCUT2D eigenvalue weighted by molar-refractivity contribution is 7.92. The van der Waals surface area contributed by atoms with Crippen LogP contribution in [0.4, 0.5) is 11.4 Å². The molecule has 0 atom stereocenters. The topological polar surface area (TPSA) is 84.5 Å². The van der Waals surface area contributed by atoms with E-state index in [4.69, 9.17) is 16.3 Å². The third kappa shape index (κ3) is 5.52. The van der Waals surface area contributed by atoms with Gasteiger partial charge in [-0.1, -0.05) is 41.9 Å². The average Bonchev–Trinajstić information content (AvgIpc) is 2.75.